The highest BCUT2D eigenvalue weighted by Gasteiger charge is 2.09. The van der Waals surface area contributed by atoms with Crippen molar-refractivity contribution in [3.8, 4) is 0 Å². The molecular weight excluding hydrogens is 250 g/mol. The molecule has 0 spiro atoms. The van der Waals surface area contributed by atoms with Crippen LogP contribution in [0.3, 0.4) is 0 Å². The zero-order chi connectivity index (χ0) is 13.6. The number of carbonyl (C=O) groups excluding carboxylic acids is 1. The van der Waals surface area contributed by atoms with Crippen molar-refractivity contribution in [3.63, 3.8) is 0 Å². The van der Waals surface area contributed by atoms with Gasteiger partial charge in [0.1, 0.15) is 0 Å². The van der Waals surface area contributed by atoms with Gasteiger partial charge in [0.25, 0.3) is 0 Å². The van der Waals surface area contributed by atoms with Gasteiger partial charge >= 0.3 is 0 Å². The number of aliphatic hydroxyl groups excluding tert-OH is 1. The van der Waals surface area contributed by atoms with E-state index in [-0.39, 0.29) is 12.3 Å². The lowest BCUT2D eigenvalue weighted by Crippen LogP contribution is -2.28. The van der Waals surface area contributed by atoms with E-state index in [4.69, 9.17) is 11.6 Å². The second kappa shape index (κ2) is 13.2. The number of carbonyl (C=O) groups is 1. The zero-order valence-corrected chi connectivity index (χ0v) is 12.3. The minimum atomic E-state index is -0.486. The molecule has 0 aromatic rings. The Labute approximate surface area is 116 Å². The monoisotopic (exact) mass is 277 g/mol. The number of amides is 1. The van der Waals surface area contributed by atoms with Crippen molar-refractivity contribution < 1.29 is 9.90 Å². The molecule has 18 heavy (non-hydrogen) atoms. The highest BCUT2D eigenvalue weighted by Crippen LogP contribution is 2.09. The maximum atomic E-state index is 11.4. The molecule has 108 valence electrons. The van der Waals surface area contributed by atoms with Gasteiger partial charge in [-0.1, -0.05) is 39.0 Å². The van der Waals surface area contributed by atoms with Gasteiger partial charge in [-0.3, -0.25) is 4.79 Å². The van der Waals surface area contributed by atoms with Crippen LogP contribution in [0, 0.1) is 0 Å². The highest BCUT2D eigenvalue weighted by molar-refractivity contribution is 6.17. The van der Waals surface area contributed by atoms with Crippen molar-refractivity contribution in [2.75, 3.05) is 12.4 Å². The minimum Gasteiger partial charge on any atom is -0.393 e. The molecule has 1 atom stereocenters. The summed E-state index contributed by atoms with van der Waals surface area (Å²) in [6.07, 6.45) is 8.19. The first-order valence-electron chi connectivity index (χ1n) is 7.21. The van der Waals surface area contributed by atoms with Crippen LogP contribution in [0.1, 0.15) is 64.7 Å². The van der Waals surface area contributed by atoms with Crippen LogP contribution in [-0.2, 0) is 4.79 Å². The van der Waals surface area contributed by atoms with Crippen molar-refractivity contribution in [2.45, 2.75) is 70.8 Å². The van der Waals surface area contributed by atoms with Crippen LogP contribution in [0.5, 0.6) is 0 Å². The van der Waals surface area contributed by atoms with Gasteiger partial charge in [0.2, 0.25) is 5.91 Å². The van der Waals surface area contributed by atoms with Gasteiger partial charge < -0.3 is 10.4 Å². The first kappa shape index (κ1) is 17.7. The molecule has 0 aromatic heterocycles. The molecule has 0 heterocycles. The van der Waals surface area contributed by atoms with Crippen molar-refractivity contribution >= 4 is 17.5 Å². The molecule has 0 bridgehead atoms. The van der Waals surface area contributed by atoms with E-state index < -0.39 is 6.10 Å². The van der Waals surface area contributed by atoms with Crippen LogP contribution < -0.4 is 5.32 Å². The summed E-state index contributed by atoms with van der Waals surface area (Å²) in [6.45, 7) is 2.85. The van der Waals surface area contributed by atoms with Crippen LogP contribution >= 0.6 is 11.6 Å². The number of rotatable bonds is 12. The normalized spacial score (nSPS) is 12.4. The largest absolute Gasteiger partial charge is 0.393 e. The van der Waals surface area contributed by atoms with Crippen LogP contribution in [0.15, 0.2) is 0 Å². The fourth-order valence-electron chi connectivity index (χ4n) is 1.82. The van der Waals surface area contributed by atoms with Crippen molar-refractivity contribution in [3.05, 3.63) is 0 Å². The average molecular weight is 278 g/mol. The van der Waals surface area contributed by atoms with Crippen molar-refractivity contribution in [1.29, 1.82) is 0 Å². The van der Waals surface area contributed by atoms with Gasteiger partial charge in [-0.05, 0) is 19.3 Å². The van der Waals surface area contributed by atoms with E-state index in [1.54, 1.807) is 0 Å². The third-order valence-corrected chi connectivity index (χ3v) is 3.21. The van der Waals surface area contributed by atoms with Crippen LogP contribution in [-0.4, -0.2) is 29.5 Å². The minimum absolute atomic E-state index is 0.0503. The van der Waals surface area contributed by atoms with Crippen molar-refractivity contribution in [1.82, 2.24) is 5.32 Å². The van der Waals surface area contributed by atoms with Gasteiger partial charge in [0.05, 0.1) is 12.5 Å². The summed E-state index contributed by atoms with van der Waals surface area (Å²) in [5.74, 6) is 0.585. The lowest BCUT2D eigenvalue weighted by molar-refractivity contribution is -0.123. The molecule has 0 aliphatic heterocycles. The summed E-state index contributed by atoms with van der Waals surface area (Å²) in [5.41, 5.74) is 0. The average Bonchev–Trinajstić information content (AvgIpc) is 2.34. The number of alkyl halides is 1. The summed E-state index contributed by atoms with van der Waals surface area (Å²) in [4.78, 5) is 11.4. The summed E-state index contributed by atoms with van der Waals surface area (Å²) in [5, 5.41) is 12.5. The predicted octanol–water partition coefficient (Wildman–Crippen LogP) is 3.23. The van der Waals surface area contributed by atoms with Crippen LogP contribution in [0.25, 0.3) is 0 Å². The number of unbranched alkanes of at least 4 members (excludes halogenated alkanes) is 5. The third kappa shape index (κ3) is 12.2. The molecule has 0 radical (unpaired) electrons. The number of halogens is 1. The predicted molar refractivity (Wildman–Crippen MR) is 77.0 cm³/mol. The maximum Gasteiger partial charge on any atom is 0.222 e. The van der Waals surface area contributed by atoms with E-state index in [9.17, 15) is 9.90 Å². The van der Waals surface area contributed by atoms with Gasteiger partial charge in [0, 0.05) is 12.4 Å². The van der Waals surface area contributed by atoms with Crippen LogP contribution in [0.2, 0.25) is 0 Å². The smallest absolute Gasteiger partial charge is 0.222 e. The molecule has 0 aromatic carbocycles. The van der Waals surface area contributed by atoms with E-state index in [0.717, 1.165) is 32.1 Å². The Morgan fingerprint density at radius 2 is 1.89 bits per heavy atom. The summed E-state index contributed by atoms with van der Waals surface area (Å²) >= 11 is 5.54. The topological polar surface area (TPSA) is 49.3 Å². The van der Waals surface area contributed by atoms with Gasteiger partial charge in [-0.25, -0.2) is 0 Å². The second-order valence-corrected chi connectivity index (χ2v) is 5.18. The second-order valence-electron chi connectivity index (χ2n) is 4.81. The first-order chi connectivity index (χ1) is 8.70. The molecule has 2 N–H and O–H groups in total. The summed E-state index contributed by atoms with van der Waals surface area (Å²) < 4.78 is 0. The molecule has 1 unspecified atom stereocenters. The van der Waals surface area contributed by atoms with Gasteiger partial charge in [-0.15, -0.1) is 11.6 Å². The first-order valence-corrected chi connectivity index (χ1v) is 7.74. The molecule has 0 saturated heterocycles. The molecule has 0 aliphatic carbocycles. The Hall–Kier alpha value is -0.280. The number of hydrogen-bond acceptors (Lipinski definition) is 2. The molecule has 4 heteroatoms. The van der Waals surface area contributed by atoms with E-state index in [2.05, 4.69) is 12.2 Å². The van der Waals surface area contributed by atoms with Crippen LogP contribution in [0.4, 0.5) is 0 Å². The van der Waals surface area contributed by atoms with Gasteiger partial charge in [0.15, 0.2) is 0 Å². The molecule has 0 aliphatic rings. The third-order valence-electron chi connectivity index (χ3n) is 2.94. The lowest BCUT2D eigenvalue weighted by atomic mass is 10.1. The molecule has 0 saturated carbocycles. The SMILES string of the molecule is CCCCCCCC(O)CC(=O)NCCCCCl. The Bertz CT molecular complexity index is 200. The van der Waals surface area contributed by atoms with Gasteiger partial charge in [-0.2, -0.15) is 0 Å². The number of aliphatic hydroxyl groups is 1. The number of nitrogens with one attached hydrogen (secondary N) is 1. The molecule has 0 fully saturated rings. The molecule has 3 nitrogen and oxygen atoms in total. The Balaban J connectivity index is 3.37. The lowest BCUT2D eigenvalue weighted by Gasteiger charge is -2.10. The summed E-state index contributed by atoms with van der Waals surface area (Å²) in [7, 11) is 0. The fourth-order valence-corrected chi connectivity index (χ4v) is 2.01. The fraction of sp³-hybridized carbons (Fsp3) is 0.929. The molecular formula is C14H28ClNO2. The highest BCUT2D eigenvalue weighted by atomic mass is 35.5. The Morgan fingerprint density at radius 1 is 1.17 bits per heavy atom. The van der Waals surface area contributed by atoms with Crippen molar-refractivity contribution in [2.24, 2.45) is 0 Å². The Kier molecular flexibility index (Phi) is 13.0. The van der Waals surface area contributed by atoms with E-state index in [1.807, 2.05) is 0 Å². The van der Waals surface area contributed by atoms with E-state index in [1.165, 1.54) is 19.3 Å². The molecule has 1 amide bonds. The standard InChI is InChI=1S/C14H28ClNO2/c1-2-3-4-5-6-9-13(17)12-14(18)16-11-8-7-10-15/h13,17H,2-12H2,1H3,(H,16,18). The van der Waals surface area contributed by atoms with E-state index >= 15 is 0 Å². The zero-order valence-electron chi connectivity index (χ0n) is 11.6. The Morgan fingerprint density at radius 3 is 2.56 bits per heavy atom. The van der Waals surface area contributed by atoms with E-state index in [0.29, 0.717) is 12.4 Å². The summed E-state index contributed by atoms with van der Waals surface area (Å²) in [6, 6.07) is 0. The maximum absolute atomic E-state index is 11.4. The quantitative estimate of drug-likeness (QED) is 0.425. The molecule has 0 rings (SSSR count). The number of hydrogen-bond donors (Lipinski definition) is 2.